The first kappa shape index (κ1) is 21.2. The van der Waals surface area contributed by atoms with Crippen molar-refractivity contribution in [2.24, 2.45) is 0 Å². The summed E-state index contributed by atoms with van der Waals surface area (Å²) in [6.07, 6.45) is 0.823. The normalized spacial score (nSPS) is 11.3. The van der Waals surface area contributed by atoms with E-state index in [2.05, 4.69) is 20.8 Å². The fourth-order valence-corrected chi connectivity index (χ4v) is 3.11. The first-order chi connectivity index (χ1) is 15.4. The first-order valence-electron chi connectivity index (χ1n) is 9.76. The number of urea groups is 1. The monoisotopic (exact) mass is 440 g/mol. The Labute approximate surface area is 181 Å². The number of carbonyl (C=O) groups excluding carboxylic acids is 1. The topological polar surface area (TPSA) is 76.8 Å². The molecule has 0 aliphatic rings. The van der Waals surface area contributed by atoms with E-state index in [1.807, 2.05) is 42.6 Å². The van der Waals surface area contributed by atoms with Gasteiger partial charge in [-0.2, -0.15) is 23.4 Å². The molecule has 4 rings (SSSR count). The summed E-state index contributed by atoms with van der Waals surface area (Å²) < 4.78 is 42.5. The van der Waals surface area contributed by atoms with Gasteiger partial charge in [0.25, 0.3) is 0 Å². The van der Waals surface area contributed by atoms with Crippen molar-refractivity contribution in [2.45, 2.75) is 12.6 Å². The van der Waals surface area contributed by atoms with E-state index in [9.17, 15) is 18.0 Å². The Morgan fingerprint density at radius 3 is 2.50 bits per heavy atom. The number of benzene rings is 2. The predicted molar refractivity (Wildman–Crippen MR) is 113 cm³/mol. The SMILES string of the molecule is O=C(NCCc1ccn(-c2ccccc2)n1)Nc1cc(C(F)(F)F)ccc1-n1cccn1. The number of hydrogen-bond acceptors (Lipinski definition) is 3. The summed E-state index contributed by atoms with van der Waals surface area (Å²) in [6.45, 7) is 0.258. The van der Waals surface area contributed by atoms with Gasteiger partial charge in [-0.15, -0.1) is 0 Å². The summed E-state index contributed by atoms with van der Waals surface area (Å²) in [5.74, 6) is 0. The Hall–Kier alpha value is -4.08. The van der Waals surface area contributed by atoms with Crippen molar-refractivity contribution in [1.82, 2.24) is 24.9 Å². The average molecular weight is 440 g/mol. The van der Waals surface area contributed by atoms with E-state index in [1.165, 1.54) is 16.9 Å². The molecule has 2 heterocycles. The zero-order valence-corrected chi connectivity index (χ0v) is 16.8. The van der Waals surface area contributed by atoms with Gasteiger partial charge in [0.15, 0.2) is 0 Å². The minimum atomic E-state index is -4.53. The van der Waals surface area contributed by atoms with Crippen LogP contribution in [-0.4, -0.2) is 32.1 Å². The predicted octanol–water partition coefficient (Wildman–Crippen LogP) is 4.44. The zero-order chi connectivity index (χ0) is 22.6. The number of nitrogens with one attached hydrogen (secondary N) is 2. The highest BCUT2D eigenvalue weighted by molar-refractivity contribution is 5.91. The molecule has 0 bridgehead atoms. The van der Waals surface area contributed by atoms with Gasteiger partial charge in [-0.25, -0.2) is 14.2 Å². The molecule has 0 fully saturated rings. The number of rotatable bonds is 6. The van der Waals surface area contributed by atoms with Gasteiger partial charge in [-0.1, -0.05) is 18.2 Å². The summed E-state index contributed by atoms with van der Waals surface area (Å²) in [4.78, 5) is 12.4. The summed E-state index contributed by atoms with van der Waals surface area (Å²) >= 11 is 0. The van der Waals surface area contributed by atoms with Gasteiger partial charge in [0.05, 0.1) is 28.3 Å². The number of amides is 2. The molecule has 0 saturated heterocycles. The molecule has 0 unspecified atom stereocenters. The molecule has 2 N–H and O–H groups in total. The van der Waals surface area contributed by atoms with Crippen LogP contribution >= 0.6 is 0 Å². The van der Waals surface area contributed by atoms with Crippen LogP contribution in [0.25, 0.3) is 11.4 Å². The molecule has 0 radical (unpaired) electrons. The van der Waals surface area contributed by atoms with E-state index in [4.69, 9.17) is 0 Å². The minimum absolute atomic E-state index is 0.00520. The average Bonchev–Trinajstić information content (AvgIpc) is 3.46. The Balaban J connectivity index is 1.40. The minimum Gasteiger partial charge on any atom is -0.337 e. The van der Waals surface area contributed by atoms with Gasteiger partial charge in [0.1, 0.15) is 0 Å². The van der Waals surface area contributed by atoms with Crippen molar-refractivity contribution in [3.8, 4) is 11.4 Å². The van der Waals surface area contributed by atoms with Gasteiger partial charge in [-0.05, 0) is 42.5 Å². The van der Waals surface area contributed by atoms with Crippen molar-refractivity contribution >= 4 is 11.7 Å². The molecule has 0 spiro atoms. The second-order valence-electron chi connectivity index (χ2n) is 6.90. The van der Waals surface area contributed by atoms with Crippen LogP contribution < -0.4 is 10.6 Å². The molecule has 4 aromatic rings. The van der Waals surface area contributed by atoms with Crippen molar-refractivity contribution in [3.05, 3.63) is 90.5 Å². The molecular formula is C22H19F3N6O. The van der Waals surface area contributed by atoms with Crippen molar-refractivity contribution in [3.63, 3.8) is 0 Å². The van der Waals surface area contributed by atoms with E-state index >= 15 is 0 Å². The number of halogens is 3. The number of carbonyl (C=O) groups is 1. The molecule has 2 amide bonds. The van der Waals surface area contributed by atoms with Gasteiger partial charge >= 0.3 is 12.2 Å². The van der Waals surface area contributed by atoms with E-state index in [0.717, 1.165) is 23.5 Å². The van der Waals surface area contributed by atoms with E-state index in [1.54, 1.807) is 16.9 Å². The molecule has 0 atom stereocenters. The Morgan fingerprint density at radius 2 is 1.78 bits per heavy atom. The highest BCUT2D eigenvalue weighted by Gasteiger charge is 2.31. The fourth-order valence-electron chi connectivity index (χ4n) is 3.11. The molecular weight excluding hydrogens is 421 g/mol. The van der Waals surface area contributed by atoms with Gasteiger partial charge < -0.3 is 10.6 Å². The summed E-state index contributed by atoms with van der Waals surface area (Å²) in [6, 6.07) is 15.5. The lowest BCUT2D eigenvalue weighted by Crippen LogP contribution is -2.31. The summed E-state index contributed by atoms with van der Waals surface area (Å²) in [5, 5.41) is 13.6. The molecule has 0 aliphatic heterocycles. The number of nitrogens with zero attached hydrogens (tertiary/aromatic N) is 4. The molecule has 10 heteroatoms. The lowest BCUT2D eigenvalue weighted by molar-refractivity contribution is -0.137. The number of anilines is 1. The Morgan fingerprint density at radius 1 is 0.969 bits per heavy atom. The summed E-state index contributed by atoms with van der Waals surface area (Å²) in [7, 11) is 0. The van der Waals surface area contributed by atoms with Crippen LogP contribution in [0.1, 0.15) is 11.3 Å². The van der Waals surface area contributed by atoms with Gasteiger partial charge in [0.2, 0.25) is 0 Å². The van der Waals surface area contributed by atoms with E-state index < -0.39 is 17.8 Å². The third kappa shape index (κ3) is 4.97. The van der Waals surface area contributed by atoms with Crippen LogP contribution in [-0.2, 0) is 12.6 Å². The lowest BCUT2D eigenvalue weighted by Gasteiger charge is -2.15. The number of alkyl halides is 3. The molecule has 2 aromatic carbocycles. The Bertz CT molecular complexity index is 1190. The smallest absolute Gasteiger partial charge is 0.337 e. The first-order valence-corrected chi connectivity index (χ1v) is 9.76. The van der Waals surface area contributed by atoms with Crippen molar-refractivity contribution < 1.29 is 18.0 Å². The number of aromatic nitrogens is 4. The van der Waals surface area contributed by atoms with Crippen LogP contribution in [0.3, 0.4) is 0 Å². The fraction of sp³-hybridized carbons (Fsp3) is 0.136. The highest BCUT2D eigenvalue weighted by atomic mass is 19.4. The zero-order valence-electron chi connectivity index (χ0n) is 16.8. The molecule has 164 valence electrons. The quantitative estimate of drug-likeness (QED) is 0.465. The molecule has 32 heavy (non-hydrogen) atoms. The molecule has 0 saturated carbocycles. The maximum absolute atomic E-state index is 13.1. The second kappa shape index (κ2) is 8.96. The second-order valence-corrected chi connectivity index (χ2v) is 6.90. The van der Waals surface area contributed by atoms with Gasteiger partial charge in [-0.3, -0.25) is 0 Å². The van der Waals surface area contributed by atoms with Crippen molar-refractivity contribution in [2.75, 3.05) is 11.9 Å². The van der Waals surface area contributed by atoms with Gasteiger partial charge in [0, 0.05) is 31.6 Å². The van der Waals surface area contributed by atoms with Crippen LogP contribution in [0.15, 0.2) is 79.3 Å². The van der Waals surface area contributed by atoms with E-state index in [-0.39, 0.29) is 12.2 Å². The maximum Gasteiger partial charge on any atom is 0.416 e. The van der Waals surface area contributed by atoms with Crippen LogP contribution in [0, 0.1) is 0 Å². The molecule has 7 nitrogen and oxygen atoms in total. The van der Waals surface area contributed by atoms with Crippen LogP contribution in [0.2, 0.25) is 0 Å². The third-order valence-corrected chi connectivity index (χ3v) is 4.66. The third-order valence-electron chi connectivity index (χ3n) is 4.66. The Kier molecular flexibility index (Phi) is 5.93. The largest absolute Gasteiger partial charge is 0.416 e. The number of hydrogen-bond donors (Lipinski definition) is 2. The number of para-hydroxylation sites is 1. The van der Waals surface area contributed by atoms with E-state index in [0.29, 0.717) is 12.1 Å². The van der Waals surface area contributed by atoms with Crippen LogP contribution in [0.4, 0.5) is 23.7 Å². The standard InChI is InChI=1S/C22H19F3N6O/c23-22(24,25)16-7-8-20(31-13-4-11-27-31)19(15-16)28-21(32)26-12-9-17-10-14-30(29-17)18-5-2-1-3-6-18/h1-8,10-11,13-15H,9,12H2,(H2,26,28,32). The lowest BCUT2D eigenvalue weighted by atomic mass is 10.1. The van der Waals surface area contributed by atoms with Crippen LogP contribution in [0.5, 0.6) is 0 Å². The summed E-state index contributed by atoms with van der Waals surface area (Å²) in [5.41, 5.74) is 1.13. The highest BCUT2D eigenvalue weighted by Crippen LogP contribution is 2.33. The molecule has 2 aromatic heterocycles. The maximum atomic E-state index is 13.1. The molecule has 0 aliphatic carbocycles. The van der Waals surface area contributed by atoms with Crippen molar-refractivity contribution in [1.29, 1.82) is 0 Å².